The summed E-state index contributed by atoms with van der Waals surface area (Å²) in [5.74, 6) is -0.151. The van der Waals surface area contributed by atoms with Gasteiger partial charge in [-0.3, -0.25) is 4.79 Å². The molecule has 1 aromatic carbocycles. The smallest absolute Gasteiger partial charge is 0.308 e. The Morgan fingerprint density at radius 3 is 2.58 bits per heavy atom. The molecule has 2 N–H and O–H groups in total. The highest BCUT2D eigenvalue weighted by Gasteiger charge is 2.35. The van der Waals surface area contributed by atoms with Crippen LogP contribution in [0, 0.1) is 5.92 Å². The zero-order chi connectivity index (χ0) is 17.6. The number of hydrogen-bond acceptors (Lipinski definition) is 4. The van der Waals surface area contributed by atoms with Gasteiger partial charge in [0.2, 0.25) is 0 Å². The van der Waals surface area contributed by atoms with Crippen molar-refractivity contribution >= 4 is 21.9 Å². The molecule has 0 radical (unpaired) electrons. The average Bonchev–Trinajstić information content (AvgIpc) is 2.56. The van der Waals surface area contributed by atoms with E-state index in [0.29, 0.717) is 25.9 Å². The summed E-state index contributed by atoms with van der Waals surface area (Å²) in [5.41, 5.74) is 0.575. The van der Waals surface area contributed by atoms with Crippen LogP contribution in [-0.2, 0) is 9.53 Å². The second-order valence-corrected chi connectivity index (χ2v) is 7.64. The number of hydrogen-bond donors (Lipinski definition) is 2. The first-order valence-electron chi connectivity index (χ1n) is 8.81. The van der Waals surface area contributed by atoms with Crippen molar-refractivity contribution in [1.29, 1.82) is 0 Å². The van der Waals surface area contributed by atoms with Gasteiger partial charge in [-0.1, -0.05) is 28.1 Å². The predicted molar refractivity (Wildman–Crippen MR) is 98.7 cm³/mol. The third kappa shape index (κ3) is 5.57. The number of aliphatic hydroxyl groups is 1. The van der Waals surface area contributed by atoms with Crippen molar-refractivity contribution in [3.8, 4) is 0 Å². The minimum atomic E-state index is -0.657. The Hall–Kier alpha value is -0.910. The SMILES string of the molecule is CCOC(=O)C1CCC(O)(CCN[C@@H](C)c2ccc(Br)cc2)CC1. The van der Waals surface area contributed by atoms with Gasteiger partial charge >= 0.3 is 5.97 Å². The molecule has 0 unspecified atom stereocenters. The molecule has 0 aromatic heterocycles. The van der Waals surface area contributed by atoms with Crippen molar-refractivity contribution in [3.05, 3.63) is 34.3 Å². The van der Waals surface area contributed by atoms with Gasteiger partial charge in [-0.05, 0) is 70.2 Å². The van der Waals surface area contributed by atoms with Gasteiger partial charge in [-0.15, -0.1) is 0 Å². The highest BCUT2D eigenvalue weighted by molar-refractivity contribution is 9.10. The average molecular weight is 398 g/mol. The van der Waals surface area contributed by atoms with Crippen LogP contribution in [0.15, 0.2) is 28.7 Å². The Kier molecular flexibility index (Phi) is 7.26. The second-order valence-electron chi connectivity index (χ2n) is 6.73. The third-order valence-electron chi connectivity index (χ3n) is 4.95. The molecular weight excluding hydrogens is 370 g/mol. The standard InChI is InChI=1S/C19H28BrNO3/c1-3-24-18(22)16-8-10-19(23,11-9-16)12-13-21-14(2)15-4-6-17(20)7-5-15/h4-7,14,16,21,23H,3,8-13H2,1-2H3/t14-,16?,19?/m0/s1. The maximum absolute atomic E-state index is 11.8. The number of esters is 1. The molecule has 0 aliphatic heterocycles. The van der Waals surface area contributed by atoms with E-state index in [4.69, 9.17) is 4.74 Å². The normalized spacial score (nSPS) is 25.2. The van der Waals surface area contributed by atoms with E-state index in [2.05, 4.69) is 40.3 Å². The fourth-order valence-electron chi connectivity index (χ4n) is 3.29. The Morgan fingerprint density at radius 2 is 2.00 bits per heavy atom. The minimum Gasteiger partial charge on any atom is -0.466 e. The Balaban J connectivity index is 1.74. The number of rotatable bonds is 7. The zero-order valence-corrected chi connectivity index (χ0v) is 16.1. The minimum absolute atomic E-state index is 0.0418. The van der Waals surface area contributed by atoms with Crippen LogP contribution in [0.5, 0.6) is 0 Å². The number of halogens is 1. The van der Waals surface area contributed by atoms with Gasteiger partial charge < -0.3 is 15.2 Å². The molecule has 2 rings (SSSR count). The van der Waals surface area contributed by atoms with Crippen LogP contribution in [0.2, 0.25) is 0 Å². The molecule has 5 heteroatoms. The van der Waals surface area contributed by atoms with Crippen LogP contribution in [-0.4, -0.2) is 29.8 Å². The van der Waals surface area contributed by atoms with E-state index in [1.54, 1.807) is 0 Å². The van der Waals surface area contributed by atoms with Crippen LogP contribution in [0.1, 0.15) is 57.6 Å². The Bertz CT molecular complexity index is 524. The second kappa shape index (κ2) is 8.97. The summed E-state index contributed by atoms with van der Waals surface area (Å²) in [7, 11) is 0. The highest BCUT2D eigenvalue weighted by Crippen LogP contribution is 2.35. The number of benzene rings is 1. The lowest BCUT2D eigenvalue weighted by Crippen LogP contribution is -2.39. The summed E-state index contributed by atoms with van der Waals surface area (Å²) in [6.07, 6.45) is 3.49. The fraction of sp³-hybridized carbons (Fsp3) is 0.632. The maximum atomic E-state index is 11.8. The summed E-state index contributed by atoms with van der Waals surface area (Å²) >= 11 is 3.44. The van der Waals surface area contributed by atoms with Crippen LogP contribution in [0.3, 0.4) is 0 Å². The van der Waals surface area contributed by atoms with Gasteiger partial charge in [0, 0.05) is 10.5 Å². The molecular formula is C19H28BrNO3. The quantitative estimate of drug-likeness (QED) is 0.683. The highest BCUT2D eigenvalue weighted by atomic mass is 79.9. The number of nitrogens with one attached hydrogen (secondary N) is 1. The molecule has 4 nitrogen and oxygen atoms in total. The predicted octanol–water partition coefficient (Wildman–Crippen LogP) is 3.97. The molecule has 1 aromatic rings. The number of carbonyl (C=O) groups is 1. The molecule has 0 bridgehead atoms. The topological polar surface area (TPSA) is 58.6 Å². The summed E-state index contributed by atoms with van der Waals surface area (Å²) in [5, 5.41) is 14.2. The van der Waals surface area contributed by atoms with Crippen LogP contribution in [0.4, 0.5) is 0 Å². The van der Waals surface area contributed by atoms with E-state index in [0.717, 1.165) is 23.9 Å². The Labute approximate surface area is 153 Å². The third-order valence-corrected chi connectivity index (χ3v) is 5.48. The molecule has 0 spiro atoms. The van der Waals surface area contributed by atoms with Gasteiger partial charge in [-0.25, -0.2) is 0 Å². The molecule has 1 atom stereocenters. The van der Waals surface area contributed by atoms with E-state index in [-0.39, 0.29) is 17.9 Å². The van der Waals surface area contributed by atoms with Gasteiger partial charge in [0.1, 0.15) is 0 Å². The molecule has 24 heavy (non-hydrogen) atoms. The molecule has 0 saturated heterocycles. The van der Waals surface area contributed by atoms with Gasteiger partial charge in [-0.2, -0.15) is 0 Å². The van der Waals surface area contributed by atoms with Gasteiger partial charge in [0.25, 0.3) is 0 Å². The molecule has 1 fully saturated rings. The summed E-state index contributed by atoms with van der Waals surface area (Å²) in [4.78, 5) is 11.8. The van der Waals surface area contributed by atoms with E-state index in [9.17, 15) is 9.90 Å². The van der Waals surface area contributed by atoms with E-state index >= 15 is 0 Å². The first kappa shape index (κ1) is 19.4. The molecule has 1 aliphatic carbocycles. The van der Waals surface area contributed by atoms with Gasteiger partial charge in [0.05, 0.1) is 18.1 Å². The zero-order valence-electron chi connectivity index (χ0n) is 14.6. The first-order chi connectivity index (χ1) is 11.4. The van der Waals surface area contributed by atoms with Crippen LogP contribution >= 0.6 is 15.9 Å². The Morgan fingerprint density at radius 1 is 1.38 bits per heavy atom. The largest absolute Gasteiger partial charge is 0.466 e. The number of ether oxygens (including phenoxy) is 1. The summed E-state index contributed by atoms with van der Waals surface area (Å²) in [6, 6.07) is 8.52. The monoisotopic (exact) mass is 397 g/mol. The summed E-state index contributed by atoms with van der Waals surface area (Å²) < 4.78 is 6.16. The van der Waals surface area contributed by atoms with Crippen molar-refractivity contribution in [2.75, 3.05) is 13.2 Å². The van der Waals surface area contributed by atoms with E-state index in [1.807, 2.05) is 19.1 Å². The number of carbonyl (C=O) groups excluding carboxylic acids is 1. The van der Waals surface area contributed by atoms with Crippen molar-refractivity contribution < 1.29 is 14.6 Å². The fourth-order valence-corrected chi connectivity index (χ4v) is 3.56. The molecule has 1 aliphatic rings. The van der Waals surface area contributed by atoms with Crippen molar-refractivity contribution in [2.45, 2.75) is 57.6 Å². The lowest BCUT2D eigenvalue weighted by molar-refractivity contribution is -0.151. The maximum Gasteiger partial charge on any atom is 0.308 e. The molecule has 0 heterocycles. The van der Waals surface area contributed by atoms with Crippen molar-refractivity contribution in [2.24, 2.45) is 5.92 Å². The van der Waals surface area contributed by atoms with Crippen molar-refractivity contribution in [1.82, 2.24) is 5.32 Å². The molecule has 134 valence electrons. The van der Waals surface area contributed by atoms with Crippen molar-refractivity contribution in [3.63, 3.8) is 0 Å². The lowest BCUT2D eigenvalue weighted by atomic mass is 9.77. The molecule has 1 saturated carbocycles. The first-order valence-corrected chi connectivity index (χ1v) is 9.61. The summed E-state index contributed by atoms with van der Waals surface area (Å²) in [6.45, 7) is 5.15. The van der Waals surface area contributed by atoms with Gasteiger partial charge in [0.15, 0.2) is 0 Å². The molecule has 0 amide bonds. The van der Waals surface area contributed by atoms with Crippen LogP contribution in [0.25, 0.3) is 0 Å². The van der Waals surface area contributed by atoms with E-state index < -0.39 is 5.60 Å². The van der Waals surface area contributed by atoms with E-state index in [1.165, 1.54) is 5.56 Å². The lowest BCUT2D eigenvalue weighted by Gasteiger charge is -2.35. The van der Waals surface area contributed by atoms with Crippen LogP contribution < -0.4 is 5.32 Å².